The van der Waals surface area contributed by atoms with E-state index in [0.717, 1.165) is 22.3 Å². The first-order valence-electron chi connectivity index (χ1n) is 5.27. The molecule has 1 rings (SSSR count). The van der Waals surface area contributed by atoms with E-state index in [-0.39, 0.29) is 0 Å². The molecule has 1 unspecified atom stereocenters. The highest BCUT2D eigenvalue weighted by Crippen LogP contribution is 2.32. The minimum Gasteiger partial charge on any atom is -0.388 e. The van der Waals surface area contributed by atoms with Crippen molar-refractivity contribution in [3.05, 3.63) is 27.8 Å². The summed E-state index contributed by atoms with van der Waals surface area (Å²) in [6, 6.07) is 0. The first kappa shape index (κ1) is 16.4. The number of hydrogen-bond acceptors (Lipinski definition) is 3. The average Bonchev–Trinajstić information content (AvgIpc) is 2.32. The molecule has 0 spiro atoms. The summed E-state index contributed by atoms with van der Waals surface area (Å²) < 4.78 is 16.0. The van der Waals surface area contributed by atoms with Crippen LogP contribution in [0.1, 0.15) is 27.8 Å². The van der Waals surface area contributed by atoms with E-state index in [1.54, 1.807) is 0 Å². The molecule has 0 bridgehead atoms. The van der Waals surface area contributed by atoms with Gasteiger partial charge in [-0.05, 0) is 69.5 Å². The molecule has 1 atom stereocenters. The number of halogens is 1. The first-order valence-corrected chi connectivity index (χ1v) is 7.17. The maximum atomic E-state index is 10.9. The molecule has 0 aliphatic heterocycles. The van der Waals surface area contributed by atoms with Crippen molar-refractivity contribution in [2.75, 3.05) is 7.05 Å². The lowest BCUT2D eigenvalue weighted by Gasteiger charge is -2.16. The van der Waals surface area contributed by atoms with Crippen LogP contribution in [0.5, 0.6) is 5.75 Å². The van der Waals surface area contributed by atoms with Crippen molar-refractivity contribution in [2.24, 2.45) is 5.73 Å². The average molecular weight is 278 g/mol. The van der Waals surface area contributed by atoms with E-state index in [4.69, 9.17) is 14.9 Å². The van der Waals surface area contributed by atoms with E-state index in [1.807, 2.05) is 27.7 Å². The van der Waals surface area contributed by atoms with Gasteiger partial charge in [0.25, 0.3) is 0 Å². The predicted octanol–water partition coefficient (Wildman–Crippen LogP) is 3.00. The van der Waals surface area contributed by atoms with Crippen LogP contribution >= 0.6 is 10.7 Å². The van der Waals surface area contributed by atoms with Crippen LogP contribution in [0.15, 0.2) is 0 Å². The summed E-state index contributed by atoms with van der Waals surface area (Å²) in [6.45, 7) is 10.0. The third-order valence-electron chi connectivity index (χ3n) is 3.08. The summed E-state index contributed by atoms with van der Waals surface area (Å²) in [5.74, 6) is 0.643. The largest absolute Gasteiger partial charge is 0.388 e. The highest BCUT2D eigenvalue weighted by atomic mass is 35.7. The first-order chi connectivity index (χ1) is 7.86. The molecule has 0 saturated heterocycles. The Morgan fingerprint density at radius 3 is 1.47 bits per heavy atom. The summed E-state index contributed by atoms with van der Waals surface area (Å²) in [5, 5.41) is 0. The molecule has 5 heteroatoms. The fraction of sp³-hybridized carbons (Fsp3) is 0.500. The molecule has 1 aromatic carbocycles. The molecule has 0 aliphatic carbocycles. The molecule has 2 N–H and O–H groups in total. The van der Waals surface area contributed by atoms with Crippen LogP contribution in [0.25, 0.3) is 0 Å². The maximum absolute atomic E-state index is 10.9. The van der Waals surface area contributed by atoms with Crippen molar-refractivity contribution < 1.29 is 8.39 Å². The van der Waals surface area contributed by atoms with Gasteiger partial charge >= 0.3 is 10.3 Å². The number of nitrogens with two attached hydrogens (primary N) is 1. The van der Waals surface area contributed by atoms with Crippen molar-refractivity contribution in [1.29, 1.82) is 0 Å². The lowest BCUT2D eigenvalue weighted by Crippen LogP contribution is -2.02. The normalized spacial score (nSPS) is 11.5. The Morgan fingerprint density at radius 1 is 0.882 bits per heavy atom. The smallest absolute Gasteiger partial charge is 0.308 e. The molecule has 0 aliphatic rings. The van der Waals surface area contributed by atoms with Crippen LogP contribution in [-0.4, -0.2) is 11.3 Å². The highest BCUT2D eigenvalue weighted by molar-refractivity contribution is 8.04. The zero-order valence-corrected chi connectivity index (χ0v) is 12.8. The Labute approximate surface area is 110 Å². The number of hydrogen-bond donors (Lipinski definition) is 1. The van der Waals surface area contributed by atoms with Gasteiger partial charge in [-0.2, -0.15) is 4.21 Å². The maximum Gasteiger partial charge on any atom is 0.308 e. The lowest BCUT2D eigenvalue weighted by molar-refractivity contribution is 0.568. The van der Waals surface area contributed by atoms with Gasteiger partial charge in [0.05, 0.1) is 0 Å². The zero-order valence-electron chi connectivity index (χ0n) is 11.2. The van der Waals surface area contributed by atoms with Gasteiger partial charge in [-0.15, -0.1) is 0 Å². The van der Waals surface area contributed by atoms with E-state index < -0.39 is 10.3 Å². The van der Waals surface area contributed by atoms with Crippen molar-refractivity contribution in [2.45, 2.75) is 34.6 Å². The third kappa shape index (κ3) is 3.69. The molecule has 3 nitrogen and oxygen atoms in total. The SMILES string of the molecule is CN.Cc1c(C)c(C)c(OS(=O)Cl)c(C)c1C. The van der Waals surface area contributed by atoms with Gasteiger partial charge in [0.1, 0.15) is 5.75 Å². The predicted molar refractivity (Wildman–Crippen MR) is 74.9 cm³/mol. The molecule has 0 saturated carbocycles. The summed E-state index contributed by atoms with van der Waals surface area (Å²) >= 11 is 0. The molecule has 17 heavy (non-hydrogen) atoms. The lowest BCUT2D eigenvalue weighted by atomic mass is 9.94. The molecule has 0 radical (unpaired) electrons. The van der Waals surface area contributed by atoms with E-state index in [0.29, 0.717) is 5.75 Å². The fourth-order valence-corrected chi connectivity index (χ4v) is 2.23. The van der Waals surface area contributed by atoms with Crippen molar-refractivity contribution in [3.63, 3.8) is 0 Å². The van der Waals surface area contributed by atoms with Gasteiger partial charge < -0.3 is 9.92 Å². The van der Waals surface area contributed by atoms with Crippen molar-refractivity contribution in [3.8, 4) is 5.75 Å². The van der Waals surface area contributed by atoms with Gasteiger partial charge in [-0.25, -0.2) is 0 Å². The quantitative estimate of drug-likeness (QED) is 0.846. The van der Waals surface area contributed by atoms with Crippen LogP contribution < -0.4 is 9.92 Å². The standard InChI is InChI=1S/C11H15ClO2S.CH5N/c1-6-7(2)9(4)11(14-15(12)13)10(5)8(6)3;1-2/h1-5H3;2H2,1H3. The molecular weight excluding hydrogens is 258 g/mol. The van der Waals surface area contributed by atoms with Crippen LogP contribution in [0.2, 0.25) is 0 Å². The monoisotopic (exact) mass is 277 g/mol. The van der Waals surface area contributed by atoms with E-state index in [9.17, 15) is 4.21 Å². The van der Waals surface area contributed by atoms with Gasteiger partial charge in [0, 0.05) is 10.7 Å². The molecule has 1 aromatic rings. The summed E-state index contributed by atoms with van der Waals surface area (Å²) in [4.78, 5) is 0. The Kier molecular flexibility index (Phi) is 6.75. The van der Waals surface area contributed by atoms with Gasteiger partial charge in [0.15, 0.2) is 0 Å². The summed E-state index contributed by atoms with van der Waals surface area (Å²) in [5.41, 5.74) is 10.1. The fourth-order valence-electron chi connectivity index (χ4n) is 1.66. The Balaban J connectivity index is 0.00000121. The Bertz CT molecular complexity index is 404. The number of rotatable bonds is 2. The minimum absolute atomic E-state index is 0.643. The highest BCUT2D eigenvalue weighted by Gasteiger charge is 2.14. The third-order valence-corrected chi connectivity index (χ3v) is 3.57. The summed E-state index contributed by atoms with van der Waals surface area (Å²) in [7, 11) is 5.06. The zero-order chi connectivity index (χ0) is 13.7. The second-order valence-electron chi connectivity index (χ2n) is 3.73. The van der Waals surface area contributed by atoms with Crippen LogP contribution in [0.3, 0.4) is 0 Å². The molecule has 98 valence electrons. The molecule has 0 aromatic heterocycles. The van der Waals surface area contributed by atoms with Crippen LogP contribution in [0, 0.1) is 34.6 Å². The van der Waals surface area contributed by atoms with Crippen LogP contribution in [-0.2, 0) is 10.3 Å². The van der Waals surface area contributed by atoms with Crippen molar-refractivity contribution >= 4 is 21.0 Å². The van der Waals surface area contributed by atoms with Crippen LogP contribution in [0.4, 0.5) is 0 Å². The summed E-state index contributed by atoms with van der Waals surface area (Å²) in [6.07, 6.45) is 0. The Hall–Kier alpha value is -0.580. The Morgan fingerprint density at radius 2 is 1.18 bits per heavy atom. The van der Waals surface area contributed by atoms with Gasteiger partial charge in [0.2, 0.25) is 0 Å². The number of benzene rings is 1. The minimum atomic E-state index is -1.79. The second kappa shape index (κ2) is 6.99. The van der Waals surface area contributed by atoms with E-state index >= 15 is 0 Å². The molecule has 0 heterocycles. The van der Waals surface area contributed by atoms with Gasteiger partial charge in [-0.1, -0.05) is 0 Å². The molecular formula is C12H20ClNO2S. The molecule has 0 fully saturated rings. The topological polar surface area (TPSA) is 52.3 Å². The van der Waals surface area contributed by atoms with E-state index in [1.165, 1.54) is 12.6 Å². The van der Waals surface area contributed by atoms with E-state index in [2.05, 4.69) is 12.7 Å². The second-order valence-corrected chi connectivity index (χ2v) is 5.04. The molecule has 0 amide bonds. The van der Waals surface area contributed by atoms with Crippen molar-refractivity contribution in [1.82, 2.24) is 0 Å². The van der Waals surface area contributed by atoms with Gasteiger partial charge in [-0.3, -0.25) is 0 Å².